The molecule has 1 aromatic heterocycles. The molecule has 7 heteroatoms. The highest BCUT2D eigenvalue weighted by Crippen LogP contribution is 2.17. The number of pyridine rings is 1. The summed E-state index contributed by atoms with van der Waals surface area (Å²) in [5.41, 5.74) is 2.84. The first-order valence-corrected chi connectivity index (χ1v) is 10.5. The highest BCUT2D eigenvalue weighted by atomic mass is 16.5. The lowest BCUT2D eigenvalue weighted by atomic mass is 10.0. The van der Waals surface area contributed by atoms with Crippen LogP contribution in [-0.4, -0.2) is 46.9 Å². The van der Waals surface area contributed by atoms with Crippen LogP contribution < -0.4 is 5.32 Å². The number of amides is 2. The van der Waals surface area contributed by atoms with E-state index in [4.69, 9.17) is 4.74 Å². The molecular weight excluding hydrogens is 406 g/mol. The molecule has 0 radical (unpaired) electrons. The number of hydrogen-bond acceptors (Lipinski definition) is 4. The second-order valence-electron chi connectivity index (χ2n) is 7.27. The number of alkyl carbamates (subject to hydrolysis) is 1. The summed E-state index contributed by atoms with van der Waals surface area (Å²) in [6, 6.07) is 24.6. The molecule has 1 atom stereocenters. The number of nitrogens with one attached hydrogen (secondary N) is 1. The van der Waals surface area contributed by atoms with Gasteiger partial charge in [-0.3, -0.25) is 4.98 Å². The second kappa shape index (κ2) is 12.1. The number of carboxylic acid groups (broad SMARTS) is 1. The zero-order valence-corrected chi connectivity index (χ0v) is 17.8. The van der Waals surface area contributed by atoms with Crippen LogP contribution in [0.15, 0.2) is 85.1 Å². The van der Waals surface area contributed by atoms with Gasteiger partial charge in [-0.25, -0.2) is 9.59 Å². The number of hydrogen-bond donors (Lipinski definition) is 2. The van der Waals surface area contributed by atoms with Gasteiger partial charge in [-0.15, -0.1) is 0 Å². The summed E-state index contributed by atoms with van der Waals surface area (Å²) in [6.45, 7) is 0.403. The van der Waals surface area contributed by atoms with Gasteiger partial charge in [-0.1, -0.05) is 66.7 Å². The van der Waals surface area contributed by atoms with Gasteiger partial charge in [0.2, 0.25) is 0 Å². The zero-order valence-electron chi connectivity index (χ0n) is 17.8. The molecule has 32 heavy (non-hydrogen) atoms. The molecule has 1 unspecified atom stereocenters. The van der Waals surface area contributed by atoms with Crippen molar-refractivity contribution in [2.24, 2.45) is 0 Å². The fraction of sp³-hybridized carbons (Fsp3) is 0.240. The van der Waals surface area contributed by atoms with Crippen LogP contribution in [0.3, 0.4) is 0 Å². The molecule has 7 nitrogen and oxygen atoms in total. The molecule has 166 valence electrons. The first-order valence-electron chi connectivity index (χ1n) is 10.5. The van der Waals surface area contributed by atoms with Crippen LogP contribution in [-0.2, 0) is 17.6 Å². The Bertz CT molecular complexity index is 968. The van der Waals surface area contributed by atoms with Crippen LogP contribution in [0.5, 0.6) is 0 Å². The van der Waals surface area contributed by atoms with Crippen molar-refractivity contribution in [2.45, 2.75) is 18.9 Å². The summed E-state index contributed by atoms with van der Waals surface area (Å²) in [6.07, 6.45) is 1.19. The van der Waals surface area contributed by atoms with E-state index in [1.54, 1.807) is 6.20 Å². The summed E-state index contributed by atoms with van der Waals surface area (Å²) in [7, 11) is 0. The Morgan fingerprint density at radius 3 is 2.28 bits per heavy atom. The second-order valence-corrected chi connectivity index (χ2v) is 7.27. The predicted octanol–water partition coefficient (Wildman–Crippen LogP) is 4.31. The van der Waals surface area contributed by atoms with Crippen LogP contribution >= 0.6 is 0 Å². The topological polar surface area (TPSA) is 91.8 Å². The molecule has 0 aliphatic heterocycles. The number of carbonyl (C=O) groups is 2. The first kappa shape index (κ1) is 22.8. The Morgan fingerprint density at radius 1 is 0.938 bits per heavy atom. The van der Waals surface area contributed by atoms with E-state index in [2.05, 4.69) is 10.3 Å². The molecule has 0 aliphatic carbocycles. The van der Waals surface area contributed by atoms with Gasteiger partial charge in [0.1, 0.15) is 6.61 Å². The van der Waals surface area contributed by atoms with Crippen molar-refractivity contribution in [3.05, 3.63) is 102 Å². The highest BCUT2D eigenvalue weighted by molar-refractivity contribution is 5.68. The monoisotopic (exact) mass is 433 g/mol. The molecule has 0 aliphatic rings. The molecule has 2 N–H and O–H groups in total. The number of aromatic nitrogens is 1. The molecular formula is C25H27N3O4. The molecule has 0 bridgehead atoms. The fourth-order valence-corrected chi connectivity index (χ4v) is 3.31. The standard InChI is InChI=1S/C25H27N3O4/c29-24(32-18-17-28(25(30)31)16-14-20-9-3-1-4-10-20)27-23(21-11-5-2-6-12-21)19-22-13-7-8-15-26-22/h1-13,15,23H,14,16-19H2,(H,27,29)(H,30,31). The van der Waals surface area contributed by atoms with E-state index in [0.29, 0.717) is 19.4 Å². The normalized spacial score (nSPS) is 11.4. The molecule has 3 aromatic rings. The SMILES string of the molecule is O=C(NC(Cc1ccccn1)c1ccccc1)OCCN(CCc1ccccc1)C(=O)O. The van der Waals surface area contributed by atoms with E-state index in [1.165, 1.54) is 4.90 Å². The minimum absolute atomic E-state index is 0.0297. The van der Waals surface area contributed by atoms with E-state index >= 15 is 0 Å². The predicted molar refractivity (Wildman–Crippen MR) is 121 cm³/mol. The van der Waals surface area contributed by atoms with E-state index in [9.17, 15) is 14.7 Å². The van der Waals surface area contributed by atoms with Gasteiger partial charge in [0, 0.05) is 24.9 Å². The van der Waals surface area contributed by atoms with E-state index < -0.39 is 12.2 Å². The van der Waals surface area contributed by atoms with E-state index in [0.717, 1.165) is 16.8 Å². The van der Waals surface area contributed by atoms with Crippen LogP contribution in [0.2, 0.25) is 0 Å². The van der Waals surface area contributed by atoms with E-state index in [1.807, 2.05) is 78.9 Å². The van der Waals surface area contributed by atoms with Crippen LogP contribution in [0.1, 0.15) is 22.9 Å². The van der Waals surface area contributed by atoms with Crippen molar-refractivity contribution >= 4 is 12.2 Å². The molecule has 0 fully saturated rings. The summed E-state index contributed by atoms with van der Waals surface area (Å²) < 4.78 is 5.29. The Balaban J connectivity index is 1.51. The highest BCUT2D eigenvalue weighted by Gasteiger charge is 2.18. The van der Waals surface area contributed by atoms with Gasteiger partial charge in [-0.2, -0.15) is 0 Å². The fourth-order valence-electron chi connectivity index (χ4n) is 3.31. The molecule has 0 saturated carbocycles. The molecule has 0 spiro atoms. The maximum atomic E-state index is 12.4. The van der Waals surface area contributed by atoms with Crippen molar-refractivity contribution < 1.29 is 19.4 Å². The molecule has 3 rings (SSSR count). The smallest absolute Gasteiger partial charge is 0.407 e. The third-order valence-electron chi connectivity index (χ3n) is 5.01. The molecule has 2 amide bonds. The maximum Gasteiger partial charge on any atom is 0.407 e. The Hall–Kier alpha value is -3.87. The van der Waals surface area contributed by atoms with Crippen molar-refractivity contribution in [3.63, 3.8) is 0 Å². The molecule has 0 saturated heterocycles. The van der Waals surface area contributed by atoms with Crippen LogP contribution in [0, 0.1) is 0 Å². The van der Waals surface area contributed by atoms with Gasteiger partial charge in [-0.05, 0) is 29.7 Å². The van der Waals surface area contributed by atoms with Crippen molar-refractivity contribution in [2.75, 3.05) is 19.7 Å². The van der Waals surface area contributed by atoms with Crippen molar-refractivity contribution in [3.8, 4) is 0 Å². The van der Waals surface area contributed by atoms with Crippen LogP contribution in [0.4, 0.5) is 9.59 Å². The zero-order chi connectivity index (χ0) is 22.6. The van der Waals surface area contributed by atoms with Gasteiger partial charge >= 0.3 is 12.2 Å². The van der Waals surface area contributed by atoms with Crippen LogP contribution in [0.25, 0.3) is 0 Å². The first-order chi connectivity index (χ1) is 15.6. The lowest BCUT2D eigenvalue weighted by molar-refractivity contribution is 0.111. The average Bonchev–Trinajstić information content (AvgIpc) is 2.82. The Morgan fingerprint density at radius 2 is 1.62 bits per heavy atom. The van der Waals surface area contributed by atoms with Gasteiger partial charge in [0.15, 0.2) is 0 Å². The molecule has 1 heterocycles. The van der Waals surface area contributed by atoms with Gasteiger partial charge < -0.3 is 20.1 Å². The minimum Gasteiger partial charge on any atom is -0.465 e. The van der Waals surface area contributed by atoms with E-state index in [-0.39, 0.29) is 19.2 Å². The number of rotatable bonds is 10. The van der Waals surface area contributed by atoms with Crippen molar-refractivity contribution in [1.82, 2.24) is 15.2 Å². The van der Waals surface area contributed by atoms with Crippen molar-refractivity contribution in [1.29, 1.82) is 0 Å². The molecule has 2 aromatic carbocycles. The van der Waals surface area contributed by atoms with Gasteiger partial charge in [0.05, 0.1) is 12.6 Å². The minimum atomic E-state index is -1.04. The quantitative estimate of drug-likeness (QED) is 0.497. The largest absolute Gasteiger partial charge is 0.465 e. The average molecular weight is 434 g/mol. The number of benzene rings is 2. The number of carbonyl (C=O) groups excluding carboxylic acids is 1. The number of ether oxygens (including phenoxy) is 1. The summed E-state index contributed by atoms with van der Waals surface area (Å²) >= 11 is 0. The lowest BCUT2D eigenvalue weighted by Crippen LogP contribution is -2.37. The van der Waals surface area contributed by atoms with Gasteiger partial charge in [0.25, 0.3) is 0 Å². The Kier molecular flexibility index (Phi) is 8.62. The summed E-state index contributed by atoms with van der Waals surface area (Å²) in [5.74, 6) is 0. The maximum absolute atomic E-state index is 12.4. The third kappa shape index (κ3) is 7.43. The third-order valence-corrected chi connectivity index (χ3v) is 5.01. The Labute approximate surface area is 187 Å². The summed E-state index contributed by atoms with van der Waals surface area (Å²) in [5, 5.41) is 12.3. The summed E-state index contributed by atoms with van der Waals surface area (Å²) in [4.78, 5) is 29.5. The lowest BCUT2D eigenvalue weighted by Gasteiger charge is -2.21. The number of nitrogens with zero attached hydrogens (tertiary/aromatic N) is 2.